The molecule has 86 valence electrons. The Morgan fingerprint density at radius 2 is 1.88 bits per heavy atom. The number of hydrogen-bond donors (Lipinski definition) is 0. The van der Waals surface area contributed by atoms with E-state index in [4.69, 9.17) is 0 Å². The quantitative estimate of drug-likeness (QED) is 0.787. The van der Waals surface area contributed by atoms with Crippen LogP contribution in [0.4, 0.5) is 5.69 Å². The highest BCUT2D eigenvalue weighted by Gasteiger charge is 2.13. The predicted molar refractivity (Wildman–Crippen MR) is 64.6 cm³/mol. The number of benzene rings is 1. The van der Waals surface area contributed by atoms with Crippen molar-refractivity contribution in [2.75, 3.05) is 17.8 Å². The molecular formula is C11H14N2O2S. The van der Waals surface area contributed by atoms with Gasteiger partial charge in [0.15, 0.2) is 9.84 Å². The molecule has 2 rings (SSSR count). The molecule has 0 aliphatic carbocycles. The van der Waals surface area contributed by atoms with Gasteiger partial charge >= 0.3 is 0 Å². The van der Waals surface area contributed by atoms with Gasteiger partial charge in [0.2, 0.25) is 0 Å². The Hall–Kier alpha value is -1.36. The van der Waals surface area contributed by atoms with E-state index in [9.17, 15) is 8.42 Å². The molecule has 1 aliphatic rings. The summed E-state index contributed by atoms with van der Waals surface area (Å²) in [5, 5.41) is 6.24. The molecule has 0 bridgehead atoms. The molecule has 0 aromatic heterocycles. The summed E-state index contributed by atoms with van der Waals surface area (Å²) >= 11 is 0. The number of rotatable bonds is 2. The molecular weight excluding hydrogens is 224 g/mol. The Balaban J connectivity index is 2.27. The second-order valence-electron chi connectivity index (χ2n) is 3.97. The summed E-state index contributed by atoms with van der Waals surface area (Å²) in [5.41, 5.74) is 2.04. The van der Waals surface area contributed by atoms with Crippen LogP contribution in [0.1, 0.15) is 13.3 Å². The van der Waals surface area contributed by atoms with E-state index in [-0.39, 0.29) is 0 Å². The largest absolute Gasteiger partial charge is 0.265 e. The molecule has 1 heterocycles. The van der Waals surface area contributed by atoms with Crippen molar-refractivity contribution < 1.29 is 8.42 Å². The van der Waals surface area contributed by atoms with Crippen molar-refractivity contribution in [3.63, 3.8) is 0 Å². The minimum Gasteiger partial charge on any atom is -0.265 e. The highest BCUT2D eigenvalue weighted by molar-refractivity contribution is 7.90. The zero-order valence-corrected chi connectivity index (χ0v) is 10.2. The fraction of sp³-hybridized carbons (Fsp3) is 0.364. The Bertz CT molecular complexity index is 517. The molecule has 5 heteroatoms. The molecule has 0 atom stereocenters. The van der Waals surface area contributed by atoms with E-state index < -0.39 is 9.84 Å². The molecule has 0 N–H and O–H groups in total. The average molecular weight is 238 g/mol. The van der Waals surface area contributed by atoms with Gasteiger partial charge in [-0.3, -0.25) is 5.01 Å². The first-order valence-electron chi connectivity index (χ1n) is 5.08. The number of nitrogens with zero attached hydrogens (tertiary/aromatic N) is 2. The van der Waals surface area contributed by atoms with Crippen LogP contribution in [0.3, 0.4) is 0 Å². The van der Waals surface area contributed by atoms with Crippen molar-refractivity contribution in [3.8, 4) is 0 Å². The Kier molecular flexibility index (Phi) is 2.71. The van der Waals surface area contributed by atoms with Gasteiger partial charge in [-0.05, 0) is 31.2 Å². The van der Waals surface area contributed by atoms with Gasteiger partial charge in [0, 0.05) is 24.9 Å². The molecule has 0 radical (unpaired) electrons. The van der Waals surface area contributed by atoms with Crippen molar-refractivity contribution in [3.05, 3.63) is 24.3 Å². The third-order valence-corrected chi connectivity index (χ3v) is 3.67. The first-order valence-corrected chi connectivity index (χ1v) is 6.98. The molecule has 0 amide bonds. The maximum absolute atomic E-state index is 11.3. The number of hydrazone groups is 1. The molecule has 0 fully saturated rings. The minimum atomic E-state index is -3.11. The third kappa shape index (κ3) is 2.24. The number of anilines is 1. The van der Waals surface area contributed by atoms with E-state index in [0.29, 0.717) is 4.90 Å². The molecule has 1 aliphatic heterocycles. The molecule has 1 aromatic carbocycles. The van der Waals surface area contributed by atoms with Gasteiger partial charge in [0.05, 0.1) is 10.6 Å². The zero-order valence-electron chi connectivity index (χ0n) is 9.34. The van der Waals surface area contributed by atoms with Crippen LogP contribution in [-0.4, -0.2) is 26.9 Å². The first-order chi connectivity index (χ1) is 7.47. The van der Waals surface area contributed by atoms with Crippen LogP contribution >= 0.6 is 0 Å². The molecule has 0 spiro atoms. The maximum atomic E-state index is 11.3. The van der Waals surface area contributed by atoms with Crippen molar-refractivity contribution >= 4 is 21.2 Å². The van der Waals surface area contributed by atoms with E-state index in [1.165, 1.54) is 6.26 Å². The molecule has 4 nitrogen and oxygen atoms in total. The minimum absolute atomic E-state index is 0.344. The lowest BCUT2D eigenvalue weighted by Gasteiger charge is -2.13. The standard InChI is InChI=1S/C11H14N2O2S/c1-9-7-8-13(12-9)10-3-5-11(6-4-10)16(2,14)15/h3-6H,7-8H2,1-2H3. The van der Waals surface area contributed by atoms with E-state index in [1.807, 2.05) is 11.9 Å². The van der Waals surface area contributed by atoms with Crippen molar-refractivity contribution in [1.29, 1.82) is 0 Å². The first kappa shape index (κ1) is 11.1. The Morgan fingerprint density at radius 1 is 1.25 bits per heavy atom. The second-order valence-corrected chi connectivity index (χ2v) is 5.99. The molecule has 16 heavy (non-hydrogen) atoms. The van der Waals surface area contributed by atoms with Crippen molar-refractivity contribution in [2.45, 2.75) is 18.2 Å². The Labute approximate surface area is 95.5 Å². The van der Waals surface area contributed by atoms with Crippen LogP contribution in [0.2, 0.25) is 0 Å². The lowest BCUT2D eigenvalue weighted by atomic mass is 10.3. The lowest BCUT2D eigenvalue weighted by Crippen LogP contribution is -2.11. The summed E-state index contributed by atoms with van der Waals surface area (Å²) in [4.78, 5) is 0.344. The summed E-state index contributed by atoms with van der Waals surface area (Å²) in [5.74, 6) is 0. The SMILES string of the molecule is CC1=NN(c2ccc(S(C)(=O)=O)cc2)CC1. The average Bonchev–Trinajstić information content (AvgIpc) is 2.64. The number of sulfone groups is 1. The van der Waals surface area contributed by atoms with E-state index >= 15 is 0 Å². The van der Waals surface area contributed by atoms with Gasteiger partial charge in [-0.25, -0.2) is 8.42 Å². The highest BCUT2D eigenvalue weighted by Crippen LogP contribution is 2.21. The maximum Gasteiger partial charge on any atom is 0.175 e. The van der Waals surface area contributed by atoms with Gasteiger partial charge in [-0.2, -0.15) is 5.10 Å². The number of hydrogen-bond acceptors (Lipinski definition) is 4. The van der Waals surface area contributed by atoms with Crippen molar-refractivity contribution in [1.82, 2.24) is 0 Å². The highest BCUT2D eigenvalue weighted by atomic mass is 32.2. The van der Waals surface area contributed by atoms with E-state index in [0.717, 1.165) is 24.4 Å². The van der Waals surface area contributed by atoms with Crippen LogP contribution in [0.25, 0.3) is 0 Å². The van der Waals surface area contributed by atoms with Gasteiger partial charge in [0.25, 0.3) is 0 Å². The molecule has 0 unspecified atom stereocenters. The summed E-state index contributed by atoms with van der Waals surface area (Å²) in [6.07, 6.45) is 2.17. The monoisotopic (exact) mass is 238 g/mol. The van der Waals surface area contributed by atoms with Crippen molar-refractivity contribution in [2.24, 2.45) is 5.10 Å². The van der Waals surface area contributed by atoms with Gasteiger partial charge in [-0.15, -0.1) is 0 Å². The topological polar surface area (TPSA) is 49.7 Å². The summed E-state index contributed by atoms with van der Waals surface area (Å²) in [7, 11) is -3.11. The van der Waals surface area contributed by atoms with E-state index in [1.54, 1.807) is 24.3 Å². The normalized spacial score (nSPS) is 16.4. The summed E-state index contributed by atoms with van der Waals surface area (Å²) in [6, 6.07) is 6.82. The fourth-order valence-electron chi connectivity index (χ4n) is 1.63. The fourth-order valence-corrected chi connectivity index (χ4v) is 2.26. The predicted octanol–water partition coefficient (Wildman–Crippen LogP) is 1.68. The van der Waals surface area contributed by atoms with Gasteiger partial charge in [0.1, 0.15) is 0 Å². The van der Waals surface area contributed by atoms with Crippen LogP contribution in [0, 0.1) is 0 Å². The van der Waals surface area contributed by atoms with Crippen LogP contribution in [0.15, 0.2) is 34.3 Å². The third-order valence-electron chi connectivity index (χ3n) is 2.54. The summed E-state index contributed by atoms with van der Waals surface area (Å²) < 4.78 is 22.6. The smallest absolute Gasteiger partial charge is 0.175 e. The van der Waals surface area contributed by atoms with Crippen LogP contribution in [0.5, 0.6) is 0 Å². The van der Waals surface area contributed by atoms with Crippen LogP contribution < -0.4 is 5.01 Å². The molecule has 1 aromatic rings. The summed E-state index contributed by atoms with van der Waals surface area (Å²) in [6.45, 7) is 2.86. The van der Waals surface area contributed by atoms with Gasteiger partial charge < -0.3 is 0 Å². The lowest BCUT2D eigenvalue weighted by molar-refractivity contribution is 0.602. The van der Waals surface area contributed by atoms with E-state index in [2.05, 4.69) is 5.10 Å². The van der Waals surface area contributed by atoms with Gasteiger partial charge in [-0.1, -0.05) is 0 Å². The second kappa shape index (κ2) is 3.90. The molecule has 0 saturated carbocycles. The molecule has 0 saturated heterocycles. The van der Waals surface area contributed by atoms with Crippen LogP contribution in [-0.2, 0) is 9.84 Å². The Morgan fingerprint density at radius 3 is 2.31 bits per heavy atom. The zero-order chi connectivity index (χ0) is 11.8.